The van der Waals surface area contributed by atoms with Gasteiger partial charge in [-0.25, -0.2) is 13.1 Å². The minimum Gasteiger partial charge on any atom is -0.398 e. The lowest BCUT2D eigenvalue weighted by atomic mass is 9.65. The number of hydrogen-bond acceptors (Lipinski definition) is 4. The molecule has 0 bridgehead atoms. The zero-order valence-corrected chi connectivity index (χ0v) is 12.9. The van der Waals surface area contributed by atoms with Crippen LogP contribution in [0.25, 0.3) is 0 Å². The van der Waals surface area contributed by atoms with E-state index in [1.165, 1.54) is 6.07 Å². The maximum atomic E-state index is 12.3. The van der Waals surface area contributed by atoms with E-state index in [1.54, 1.807) is 12.1 Å². The van der Waals surface area contributed by atoms with Crippen molar-refractivity contribution in [2.45, 2.75) is 50.7 Å². The molecule has 1 aromatic carbocycles. The number of sulfonamides is 1. The van der Waals surface area contributed by atoms with Crippen molar-refractivity contribution in [2.75, 3.05) is 5.73 Å². The molecule has 0 aliphatic heterocycles. The molecule has 1 aromatic rings. The molecule has 1 fully saturated rings. The van der Waals surface area contributed by atoms with Crippen LogP contribution in [-0.4, -0.2) is 25.7 Å². The summed E-state index contributed by atoms with van der Waals surface area (Å²) in [7, 11) is -3.60. The highest BCUT2D eigenvalue weighted by Gasteiger charge is 2.48. The highest BCUT2D eigenvalue weighted by atomic mass is 32.2. The van der Waals surface area contributed by atoms with Gasteiger partial charge in [-0.05, 0) is 30.5 Å². The van der Waals surface area contributed by atoms with Crippen molar-refractivity contribution in [3.05, 3.63) is 23.8 Å². The fourth-order valence-electron chi connectivity index (χ4n) is 2.42. The molecule has 6 heteroatoms. The van der Waals surface area contributed by atoms with Gasteiger partial charge in [-0.15, -0.1) is 0 Å². The third kappa shape index (κ3) is 2.55. The number of aliphatic hydroxyl groups is 1. The predicted molar refractivity (Wildman–Crippen MR) is 78.7 cm³/mol. The number of nitrogen functional groups attached to an aromatic ring is 1. The molecule has 20 heavy (non-hydrogen) atoms. The van der Waals surface area contributed by atoms with E-state index in [9.17, 15) is 13.5 Å². The number of rotatable bonds is 4. The van der Waals surface area contributed by atoms with E-state index in [0.29, 0.717) is 12.1 Å². The Balaban J connectivity index is 2.21. The summed E-state index contributed by atoms with van der Waals surface area (Å²) in [5.74, 6) is 0. The van der Waals surface area contributed by atoms with Gasteiger partial charge in [-0.3, -0.25) is 0 Å². The van der Waals surface area contributed by atoms with Crippen molar-refractivity contribution in [2.24, 2.45) is 5.41 Å². The fourth-order valence-corrected chi connectivity index (χ4v) is 3.86. The monoisotopic (exact) mass is 298 g/mol. The van der Waals surface area contributed by atoms with Crippen molar-refractivity contribution < 1.29 is 13.5 Å². The Hall–Kier alpha value is -1.11. The standard InChI is InChI=1S/C14H22N2O3S/c1-4-9-5-6-10(7-11(9)15)20(18,19)16-12-8-13(17)14(12,2)3/h5-7,12-13,16-17H,4,8,15H2,1-3H3. The zero-order chi connectivity index (χ0) is 15.1. The minimum absolute atomic E-state index is 0.171. The number of anilines is 1. The van der Waals surface area contributed by atoms with Gasteiger partial charge in [0.05, 0.1) is 11.0 Å². The van der Waals surface area contributed by atoms with Gasteiger partial charge in [0, 0.05) is 17.1 Å². The molecule has 1 aliphatic carbocycles. The van der Waals surface area contributed by atoms with Gasteiger partial charge in [0.15, 0.2) is 0 Å². The first kappa shape index (κ1) is 15.3. The van der Waals surface area contributed by atoms with Crippen molar-refractivity contribution in [1.82, 2.24) is 4.72 Å². The fraction of sp³-hybridized carbons (Fsp3) is 0.571. The van der Waals surface area contributed by atoms with Crippen LogP contribution in [0.1, 0.15) is 32.8 Å². The van der Waals surface area contributed by atoms with Crippen LogP contribution in [0.5, 0.6) is 0 Å². The maximum Gasteiger partial charge on any atom is 0.240 e. The molecule has 0 spiro atoms. The van der Waals surface area contributed by atoms with E-state index in [4.69, 9.17) is 5.73 Å². The van der Waals surface area contributed by atoms with Crippen LogP contribution in [0.3, 0.4) is 0 Å². The van der Waals surface area contributed by atoms with Gasteiger partial charge in [0.25, 0.3) is 0 Å². The number of benzene rings is 1. The summed E-state index contributed by atoms with van der Waals surface area (Å²) in [5.41, 5.74) is 6.83. The smallest absolute Gasteiger partial charge is 0.240 e. The third-order valence-corrected chi connectivity index (χ3v) is 5.79. The van der Waals surface area contributed by atoms with Gasteiger partial charge in [0.1, 0.15) is 0 Å². The van der Waals surface area contributed by atoms with Crippen LogP contribution < -0.4 is 10.5 Å². The number of aryl methyl sites for hydroxylation is 1. The first-order chi connectivity index (χ1) is 9.18. The molecule has 2 rings (SSSR count). The first-order valence-electron chi connectivity index (χ1n) is 6.77. The van der Waals surface area contributed by atoms with E-state index in [0.717, 1.165) is 12.0 Å². The highest BCUT2D eigenvalue weighted by Crippen LogP contribution is 2.41. The second-order valence-corrected chi connectivity index (χ2v) is 7.67. The molecular weight excluding hydrogens is 276 g/mol. The molecule has 1 saturated carbocycles. The van der Waals surface area contributed by atoms with Crippen molar-refractivity contribution in [1.29, 1.82) is 0 Å². The average molecular weight is 298 g/mol. The number of nitrogens with one attached hydrogen (secondary N) is 1. The molecule has 0 amide bonds. The summed E-state index contributed by atoms with van der Waals surface area (Å²) < 4.78 is 27.3. The van der Waals surface area contributed by atoms with Gasteiger partial charge >= 0.3 is 0 Å². The van der Waals surface area contributed by atoms with Gasteiger partial charge in [-0.2, -0.15) is 0 Å². The predicted octanol–water partition coefficient (Wildman–Crippen LogP) is 1.27. The molecule has 0 aromatic heterocycles. The Morgan fingerprint density at radius 2 is 2.10 bits per heavy atom. The summed E-state index contributed by atoms with van der Waals surface area (Å²) in [6.07, 6.45) is 0.735. The van der Waals surface area contributed by atoms with Crippen LogP contribution >= 0.6 is 0 Å². The maximum absolute atomic E-state index is 12.3. The SMILES string of the molecule is CCc1ccc(S(=O)(=O)NC2CC(O)C2(C)C)cc1N. The Bertz CT molecular complexity index is 611. The Kier molecular flexibility index (Phi) is 3.83. The van der Waals surface area contributed by atoms with Gasteiger partial charge in [-0.1, -0.05) is 26.8 Å². The van der Waals surface area contributed by atoms with Gasteiger partial charge < -0.3 is 10.8 Å². The van der Waals surface area contributed by atoms with Crippen LogP contribution in [-0.2, 0) is 16.4 Å². The van der Waals surface area contributed by atoms with Crippen LogP contribution in [0.2, 0.25) is 0 Å². The number of nitrogens with two attached hydrogens (primary N) is 1. The van der Waals surface area contributed by atoms with Crippen molar-refractivity contribution in [3.63, 3.8) is 0 Å². The third-order valence-electron chi connectivity index (χ3n) is 4.32. The Morgan fingerprint density at radius 3 is 2.55 bits per heavy atom. The molecule has 4 N–H and O–H groups in total. The molecule has 112 valence electrons. The summed E-state index contributed by atoms with van der Waals surface area (Å²) in [5, 5.41) is 9.67. The summed E-state index contributed by atoms with van der Waals surface area (Å²) in [4.78, 5) is 0.171. The minimum atomic E-state index is -3.60. The number of hydrogen-bond donors (Lipinski definition) is 3. The van der Waals surface area contributed by atoms with Crippen LogP contribution in [0.4, 0.5) is 5.69 Å². The molecule has 5 nitrogen and oxygen atoms in total. The lowest BCUT2D eigenvalue weighted by Crippen LogP contribution is -2.61. The molecule has 0 radical (unpaired) electrons. The number of aliphatic hydroxyl groups excluding tert-OH is 1. The topological polar surface area (TPSA) is 92.4 Å². The van der Waals surface area contributed by atoms with Crippen LogP contribution in [0.15, 0.2) is 23.1 Å². The summed E-state index contributed by atoms with van der Waals surface area (Å²) in [6.45, 7) is 5.67. The van der Waals surface area contributed by atoms with E-state index in [1.807, 2.05) is 20.8 Å². The highest BCUT2D eigenvalue weighted by molar-refractivity contribution is 7.89. The van der Waals surface area contributed by atoms with E-state index >= 15 is 0 Å². The Labute approximate surface area is 120 Å². The second kappa shape index (κ2) is 5.02. The molecule has 1 aliphatic rings. The first-order valence-corrected chi connectivity index (χ1v) is 8.25. The lowest BCUT2D eigenvalue weighted by molar-refractivity contribution is -0.0645. The molecule has 2 atom stereocenters. The van der Waals surface area contributed by atoms with Gasteiger partial charge in [0.2, 0.25) is 10.0 Å². The second-order valence-electron chi connectivity index (χ2n) is 5.96. The largest absolute Gasteiger partial charge is 0.398 e. The average Bonchev–Trinajstić information content (AvgIpc) is 2.38. The molecule has 0 saturated heterocycles. The lowest BCUT2D eigenvalue weighted by Gasteiger charge is -2.49. The van der Waals surface area contributed by atoms with E-state index in [-0.39, 0.29) is 10.9 Å². The van der Waals surface area contributed by atoms with Crippen molar-refractivity contribution in [3.8, 4) is 0 Å². The molecule has 0 heterocycles. The summed E-state index contributed by atoms with van der Waals surface area (Å²) in [6, 6.07) is 4.54. The quantitative estimate of drug-likeness (QED) is 0.730. The summed E-state index contributed by atoms with van der Waals surface area (Å²) >= 11 is 0. The Morgan fingerprint density at radius 1 is 1.45 bits per heavy atom. The zero-order valence-electron chi connectivity index (χ0n) is 12.1. The molecule has 2 unspecified atom stereocenters. The van der Waals surface area contributed by atoms with Crippen LogP contribution in [0, 0.1) is 5.41 Å². The van der Waals surface area contributed by atoms with E-state index < -0.39 is 21.5 Å². The van der Waals surface area contributed by atoms with Crippen molar-refractivity contribution >= 4 is 15.7 Å². The molecular formula is C14H22N2O3S. The van der Waals surface area contributed by atoms with E-state index in [2.05, 4.69) is 4.72 Å². The normalized spacial score (nSPS) is 25.2.